The molecule has 1 rings (SSSR count). The Morgan fingerprint density at radius 2 is 2.10 bits per heavy atom. The number of carbonyl (C=O) groups excluding carboxylic acids is 2. The number of thiazole rings is 1. The van der Waals surface area contributed by atoms with Crippen LogP contribution in [-0.4, -0.2) is 29.4 Å². The van der Waals surface area contributed by atoms with Crippen LogP contribution in [0.3, 0.4) is 0 Å². The van der Waals surface area contributed by atoms with E-state index in [4.69, 9.17) is 5.73 Å². The number of carbonyl (C=O) groups is 2. The average Bonchev–Trinajstić information content (AvgIpc) is 2.88. The topological polar surface area (TPSA) is 97.1 Å². The summed E-state index contributed by atoms with van der Waals surface area (Å²) in [5, 5.41) is 8.04. The van der Waals surface area contributed by atoms with E-state index in [1.807, 2.05) is 33.1 Å². The lowest BCUT2D eigenvalue weighted by Gasteiger charge is -2.24. The van der Waals surface area contributed by atoms with Crippen LogP contribution in [0.5, 0.6) is 0 Å². The fraction of sp³-hybridized carbons (Fsp3) is 0.615. The third-order valence-electron chi connectivity index (χ3n) is 2.86. The van der Waals surface area contributed by atoms with Gasteiger partial charge in [0.05, 0.1) is 18.1 Å². The Morgan fingerprint density at radius 3 is 2.60 bits per heavy atom. The molecular weight excluding hydrogens is 276 g/mol. The number of hydrogen-bond donors (Lipinski definition) is 3. The van der Waals surface area contributed by atoms with E-state index in [1.165, 1.54) is 11.3 Å². The maximum Gasteiger partial charge on any atom is 0.240 e. The molecule has 1 atom stereocenters. The van der Waals surface area contributed by atoms with Crippen LogP contribution in [0.2, 0.25) is 0 Å². The van der Waals surface area contributed by atoms with Crippen molar-refractivity contribution >= 4 is 23.2 Å². The quantitative estimate of drug-likeness (QED) is 0.716. The van der Waals surface area contributed by atoms with E-state index in [-0.39, 0.29) is 24.3 Å². The van der Waals surface area contributed by atoms with Crippen LogP contribution in [0, 0.1) is 5.92 Å². The molecular formula is C13H22N4O2S. The van der Waals surface area contributed by atoms with Crippen LogP contribution in [0.1, 0.15) is 32.7 Å². The molecule has 0 unspecified atom stereocenters. The third-order valence-corrected chi connectivity index (χ3v) is 3.96. The van der Waals surface area contributed by atoms with Gasteiger partial charge in [-0.1, -0.05) is 13.8 Å². The summed E-state index contributed by atoms with van der Waals surface area (Å²) in [5.41, 5.74) is 5.14. The minimum absolute atomic E-state index is 0.0322. The van der Waals surface area contributed by atoms with Crippen molar-refractivity contribution < 1.29 is 9.59 Å². The molecule has 0 aliphatic carbocycles. The summed E-state index contributed by atoms with van der Waals surface area (Å²) in [6.45, 7) is 7.36. The van der Waals surface area contributed by atoms with Crippen molar-refractivity contribution in [3.63, 3.8) is 0 Å². The summed E-state index contributed by atoms with van der Waals surface area (Å²) < 4.78 is 0. The molecule has 4 N–H and O–H groups in total. The molecule has 0 saturated heterocycles. The predicted octanol–water partition coefficient (Wildman–Crippen LogP) is 0.594. The Balaban J connectivity index is 2.47. The summed E-state index contributed by atoms with van der Waals surface area (Å²) in [5.74, 6) is -0.554. The molecule has 0 fully saturated rings. The van der Waals surface area contributed by atoms with Gasteiger partial charge in [-0.25, -0.2) is 4.98 Å². The monoisotopic (exact) mass is 298 g/mol. The lowest BCUT2D eigenvalue weighted by Crippen LogP contribution is -2.50. The van der Waals surface area contributed by atoms with Gasteiger partial charge in [0.1, 0.15) is 5.01 Å². The van der Waals surface area contributed by atoms with Gasteiger partial charge in [-0.2, -0.15) is 0 Å². The number of nitrogens with zero attached hydrogens (tertiary/aromatic N) is 1. The van der Waals surface area contributed by atoms with Gasteiger partial charge in [0.15, 0.2) is 0 Å². The van der Waals surface area contributed by atoms with Crippen LogP contribution in [-0.2, 0) is 15.1 Å². The second-order valence-electron chi connectivity index (χ2n) is 5.50. The van der Waals surface area contributed by atoms with E-state index in [0.29, 0.717) is 0 Å². The molecule has 0 aliphatic rings. The van der Waals surface area contributed by atoms with Gasteiger partial charge in [-0.15, -0.1) is 11.3 Å². The molecule has 0 aromatic carbocycles. The SMILES string of the molecule is CC(C)[C@H](N)C(=O)NCC(=O)NC(C)(C)c1nccs1. The molecule has 6 nitrogen and oxygen atoms in total. The van der Waals surface area contributed by atoms with Gasteiger partial charge in [-0.05, 0) is 19.8 Å². The van der Waals surface area contributed by atoms with Crippen LogP contribution in [0.15, 0.2) is 11.6 Å². The number of rotatable bonds is 6. The number of nitrogens with two attached hydrogens (primary N) is 1. The second kappa shape index (κ2) is 6.81. The van der Waals surface area contributed by atoms with Crippen molar-refractivity contribution in [3.05, 3.63) is 16.6 Å². The number of aromatic nitrogens is 1. The van der Waals surface area contributed by atoms with E-state index < -0.39 is 11.6 Å². The Kier molecular flexibility index (Phi) is 5.64. The van der Waals surface area contributed by atoms with Crippen molar-refractivity contribution in [2.75, 3.05) is 6.54 Å². The zero-order valence-electron chi connectivity index (χ0n) is 12.3. The van der Waals surface area contributed by atoms with Crippen molar-refractivity contribution in [2.24, 2.45) is 11.7 Å². The Hall–Kier alpha value is -1.47. The standard InChI is InChI=1S/C13H22N4O2S/c1-8(2)10(14)11(19)16-7-9(18)17-13(3,4)12-15-5-6-20-12/h5-6,8,10H,7,14H2,1-4H3,(H,16,19)(H,17,18)/t10-/m0/s1. The second-order valence-corrected chi connectivity index (χ2v) is 6.39. The maximum atomic E-state index is 11.9. The largest absolute Gasteiger partial charge is 0.346 e. The van der Waals surface area contributed by atoms with Gasteiger partial charge >= 0.3 is 0 Å². The van der Waals surface area contributed by atoms with Crippen molar-refractivity contribution in [2.45, 2.75) is 39.3 Å². The molecule has 0 aliphatic heterocycles. The molecule has 1 heterocycles. The van der Waals surface area contributed by atoms with E-state index in [0.717, 1.165) is 5.01 Å². The fourth-order valence-corrected chi connectivity index (χ4v) is 2.28. The summed E-state index contributed by atoms with van der Waals surface area (Å²) >= 11 is 1.47. The molecule has 0 radical (unpaired) electrons. The number of nitrogens with one attached hydrogen (secondary N) is 2. The first-order chi connectivity index (χ1) is 9.24. The molecule has 112 valence electrons. The zero-order valence-corrected chi connectivity index (χ0v) is 13.1. The molecule has 0 bridgehead atoms. The van der Waals surface area contributed by atoms with Crippen LogP contribution in [0.25, 0.3) is 0 Å². The molecule has 2 amide bonds. The highest BCUT2D eigenvalue weighted by Crippen LogP contribution is 2.21. The summed E-state index contributed by atoms with van der Waals surface area (Å²) in [4.78, 5) is 27.7. The zero-order chi connectivity index (χ0) is 15.3. The molecule has 7 heteroatoms. The summed E-state index contributed by atoms with van der Waals surface area (Å²) in [6, 6.07) is -0.602. The van der Waals surface area contributed by atoms with E-state index >= 15 is 0 Å². The van der Waals surface area contributed by atoms with Crippen molar-refractivity contribution in [1.82, 2.24) is 15.6 Å². The van der Waals surface area contributed by atoms with Gasteiger partial charge in [0.25, 0.3) is 0 Å². The number of amides is 2. The summed E-state index contributed by atoms with van der Waals surface area (Å²) in [6.07, 6.45) is 1.69. The van der Waals surface area contributed by atoms with E-state index in [1.54, 1.807) is 6.20 Å². The first-order valence-corrected chi connectivity index (χ1v) is 7.36. The molecule has 0 spiro atoms. The first-order valence-electron chi connectivity index (χ1n) is 6.48. The molecule has 20 heavy (non-hydrogen) atoms. The van der Waals surface area contributed by atoms with Gasteiger partial charge in [0.2, 0.25) is 11.8 Å². The first kappa shape index (κ1) is 16.6. The highest BCUT2D eigenvalue weighted by atomic mass is 32.1. The number of hydrogen-bond acceptors (Lipinski definition) is 5. The fourth-order valence-electron chi connectivity index (χ4n) is 1.57. The van der Waals surface area contributed by atoms with Gasteiger partial charge < -0.3 is 16.4 Å². The van der Waals surface area contributed by atoms with Crippen molar-refractivity contribution in [3.8, 4) is 0 Å². The van der Waals surface area contributed by atoms with Crippen LogP contribution >= 0.6 is 11.3 Å². The smallest absolute Gasteiger partial charge is 0.240 e. The Bertz CT molecular complexity index is 457. The van der Waals surface area contributed by atoms with Gasteiger partial charge in [-0.3, -0.25) is 9.59 Å². The molecule has 1 aromatic heterocycles. The normalized spacial score (nSPS) is 13.1. The average molecular weight is 298 g/mol. The lowest BCUT2D eigenvalue weighted by molar-refractivity contribution is -0.128. The van der Waals surface area contributed by atoms with E-state index in [2.05, 4.69) is 15.6 Å². The highest BCUT2D eigenvalue weighted by Gasteiger charge is 2.26. The summed E-state index contributed by atoms with van der Waals surface area (Å²) in [7, 11) is 0. The Morgan fingerprint density at radius 1 is 1.45 bits per heavy atom. The highest BCUT2D eigenvalue weighted by molar-refractivity contribution is 7.09. The molecule has 0 saturated carbocycles. The minimum atomic E-state index is -0.602. The maximum absolute atomic E-state index is 11.9. The molecule has 1 aromatic rings. The predicted molar refractivity (Wildman–Crippen MR) is 79.1 cm³/mol. The third kappa shape index (κ3) is 4.57. The Labute approximate surface area is 123 Å². The van der Waals surface area contributed by atoms with Crippen LogP contribution < -0.4 is 16.4 Å². The van der Waals surface area contributed by atoms with Gasteiger partial charge in [0, 0.05) is 11.6 Å². The minimum Gasteiger partial charge on any atom is -0.346 e. The van der Waals surface area contributed by atoms with E-state index in [9.17, 15) is 9.59 Å². The van der Waals surface area contributed by atoms with Crippen molar-refractivity contribution in [1.29, 1.82) is 0 Å². The lowest BCUT2D eigenvalue weighted by atomic mass is 10.1. The van der Waals surface area contributed by atoms with Crippen LogP contribution in [0.4, 0.5) is 0 Å².